The van der Waals surface area contributed by atoms with Gasteiger partial charge in [-0.15, -0.1) is 11.3 Å². The highest BCUT2D eigenvalue weighted by Crippen LogP contribution is 2.46. The molecule has 1 N–H and O–H groups in total. The van der Waals surface area contributed by atoms with Gasteiger partial charge in [-0.05, 0) is 24.6 Å². The summed E-state index contributed by atoms with van der Waals surface area (Å²) in [4.78, 5) is 11.2. The Hall–Kier alpha value is -2.74. The Labute approximate surface area is 239 Å². The van der Waals surface area contributed by atoms with Crippen LogP contribution in [0, 0.1) is 5.82 Å². The molecule has 2 aliphatic heterocycles. The summed E-state index contributed by atoms with van der Waals surface area (Å²) in [5.74, 6) is -0.00652. The first-order chi connectivity index (χ1) is 19.2. The number of aromatic nitrogens is 3. The lowest BCUT2D eigenvalue weighted by Gasteiger charge is -2.32. The fourth-order valence-electron chi connectivity index (χ4n) is 5.06. The molecule has 1 aromatic carbocycles. The monoisotopic (exact) mass is 612 g/mol. The molecule has 0 aliphatic carbocycles. The Kier molecular flexibility index (Phi) is 8.64. The van der Waals surface area contributed by atoms with Crippen molar-refractivity contribution in [3.8, 4) is 0 Å². The molecule has 5 rings (SSSR count). The van der Waals surface area contributed by atoms with Gasteiger partial charge < -0.3 is 4.90 Å². The van der Waals surface area contributed by atoms with Crippen LogP contribution in [0.15, 0.2) is 52.7 Å². The van der Waals surface area contributed by atoms with Crippen molar-refractivity contribution >= 4 is 44.4 Å². The van der Waals surface area contributed by atoms with Gasteiger partial charge in [-0.3, -0.25) is 4.99 Å². The standard InChI is InChI=1S/C26H28ClF3N6O2S2/c1-2-3-4-5-12-40(37,38)34-17-14-21-22(20-8-10-36(33-20)26(29)30)23(18-7-6-16(28)13-19(18)27)32-24(35(21)15-17)25-31-9-11-39-25/h6-11,13,17,23,26,34H,2-5,12,14-15H2,1H3/t17-,23-/m0/s1. The van der Waals surface area contributed by atoms with Gasteiger partial charge in [0.05, 0.1) is 11.4 Å². The van der Waals surface area contributed by atoms with Gasteiger partial charge in [0.15, 0.2) is 10.8 Å². The molecule has 1 saturated heterocycles. The van der Waals surface area contributed by atoms with E-state index >= 15 is 0 Å². The summed E-state index contributed by atoms with van der Waals surface area (Å²) in [5.41, 5.74) is 1.88. The Morgan fingerprint density at radius 3 is 2.73 bits per heavy atom. The zero-order valence-electron chi connectivity index (χ0n) is 21.6. The Bertz CT molecular complexity index is 1520. The number of nitrogens with one attached hydrogen (secondary N) is 1. The number of sulfonamides is 1. The van der Waals surface area contributed by atoms with Crippen LogP contribution in [0.2, 0.25) is 5.02 Å². The third kappa shape index (κ3) is 6.12. The summed E-state index contributed by atoms with van der Waals surface area (Å²) in [6.07, 6.45) is 6.44. The first kappa shape index (κ1) is 28.8. The van der Waals surface area contributed by atoms with Crippen LogP contribution in [0.5, 0.6) is 0 Å². The molecule has 14 heteroatoms. The fourth-order valence-corrected chi connectivity index (χ4v) is 7.34. The van der Waals surface area contributed by atoms with Gasteiger partial charge in [-0.2, -0.15) is 13.9 Å². The third-order valence-corrected chi connectivity index (χ3v) is 9.45. The van der Waals surface area contributed by atoms with E-state index in [0.717, 1.165) is 19.3 Å². The van der Waals surface area contributed by atoms with Crippen molar-refractivity contribution < 1.29 is 21.6 Å². The molecular formula is C26H28ClF3N6O2S2. The van der Waals surface area contributed by atoms with Gasteiger partial charge in [0.1, 0.15) is 11.9 Å². The van der Waals surface area contributed by atoms with E-state index in [1.165, 1.54) is 41.8 Å². The summed E-state index contributed by atoms with van der Waals surface area (Å²) < 4.78 is 70.2. The third-order valence-electron chi connectivity index (χ3n) is 6.84. The van der Waals surface area contributed by atoms with Crippen molar-refractivity contribution in [1.82, 2.24) is 24.4 Å². The lowest BCUT2D eigenvalue weighted by molar-refractivity contribution is 0.0564. The number of hydrogen-bond donors (Lipinski definition) is 1. The first-order valence-electron chi connectivity index (χ1n) is 12.9. The van der Waals surface area contributed by atoms with Crippen molar-refractivity contribution in [2.75, 3.05) is 12.3 Å². The Morgan fingerprint density at radius 1 is 1.23 bits per heavy atom. The molecule has 0 spiro atoms. The Morgan fingerprint density at radius 2 is 2.05 bits per heavy atom. The molecule has 3 aromatic rings. The molecule has 4 heterocycles. The van der Waals surface area contributed by atoms with Gasteiger partial charge >= 0.3 is 6.55 Å². The molecule has 0 bridgehead atoms. The van der Waals surface area contributed by atoms with Crippen LogP contribution in [0.4, 0.5) is 13.2 Å². The SMILES string of the molecule is CCCCCCS(=O)(=O)N[C@H]1CC2=C(c3ccn(C(F)F)n3)[C@H](c3ccc(F)cc3Cl)N=C(c3nccs3)N2C1. The van der Waals surface area contributed by atoms with Crippen LogP contribution in [0.25, 0.3) is 5.57 Å². The molecule has 0 saturated carbocycles. The van der Waals surface area contributed by atoms with E-state index in [4.69, 9.17) is 16.6 Å². The Balaban J connectivity index is 1.59. The largest absolute Gasteiger partial charge is 0.333 e. The number of unbranched alkanes of at least 4 members (excludes halogenated alkanes) is 3. The molecule has 40 heavy (non-hydrogen) atoms. The molecule has 2 aliphatic rings. The van der Waals surface area contributed by atoms with Crippen LogP contribution in [-0.2, 0) is 10.0 Å². The van der Waals surface area contributed by atoms with Crippen LogP contribution >= 0.6 is 22.9 Å². The number of rotatable bonds is 11. The summed E-state index contributed by atoms with van der Waals surface area (Å²) >= 11 is 7.84. The van der Waals surface area contributed by atoms with Crippen molar-refractivity contribution in [1.29, 1.82) is 0 Å². The van der Waals surface area contributed by atoms with Crippen LogP contribution in [0.3, 0.4) is 0 Å². The number of benzene rings is 1. The number of halogens is 4. The topological polar surface area (TPSA) is 92.5 Å². The number of alkyl halides is 2. The predicted octanol–water partition coefficient (Wildman–Crippen LogP) is 6.01. The fraction of sp³-hybridized carbons (Fsp3) is 0.423. The van der Waals surface area contributed by atoms with E-state index in [9.17, 15) is 21.6 Å². The molecule has 2 aromatic heterocycles. The maximum Gasteiger partial charge on any atom is 0.333 e. The minimum Gasteiger partial charge on any atom is -0.326 e. The number of hydrogen-bond acceptors (Lipinski definition) is 7. The van der Waals surface area contributed by atoms with Crippen LogP contribution in [-0.4, -0.2) is 52.3 Å². The summed E-state index contributed by atoms with van der Waals surface area (Å²) in [6, 6.07) is 4.10. The quantitative estimate of drug-likeness (QED) is 0.268. The number of fused-ring (bicyclic) bond motifs is 1. The molecule has 214 valence electrons. The van der Waals surface area contributed by atoms with Crippen molar-refractivity contribution in [2.45, 2.75) is 57.7 Å². The summed E-state index contributed by atoms with van der Waals surface area (Å²) in [5, 5.41) is 6.62. The average molecular weight is 613 g/mol. The highest BCUT2D eigenvalue weighted by atomic mass is 35.5. The van der Waals surface area contributed by atoms with Gasteiger partial charge in [-0.1, -0.05) is 43.9 Å². The van der Waals surface area contributed by atoms with Gasteiger partial charge in [-0.25, -0.2) is 27.2 Å². The maximum absolute atomic E-state index is 14.0. The van der Waals surface area contributed by atoms with E-state index in [0.29, 0.717) is 38.8 Å². The van der Waals surface area contributed by atoms with Crippen LogP contribution in [0.1, 0.15) is 67.9 Å². The molecule has 0 unspecified atom stereocenters. The van der Waals surface area contributed by atoms with Gasteiger partial charge in [0.25, 0.3) is 0 Å². The maximum atomic E-state index is 14.0. The van der Waals surface area contributed by atoms with Crippen molar-refractivity contribution in [3.05, 3.63) is 74.8 Å². The highest BCUT2D eigenvalue weighted by Gasteiger charge is 2.41. The summed E-state index contributed by atoms with van der Waals surface area (Å²) in [6.45, 7) is -0.521. The number of nitrogens with zero attached hydrogens (tertiary/aromatic N) is 5. The minimum atomic E-state index is -3.56. The predicted molar refractivity (Wildman–Crippen MR) is 149 cm³/mol. The normalized spacial score (nSPS) is 19.4. The zero-order chi connectivity index (χ0) is 28.4. The highest BCUT2D eigenvalue weighted by molar-refractivity contribution is 7.89. The molecular weight excluding hydrogens is 585 g/mol. The molecule has 8 nitrogen and oxygen atoms in total. The van der Waals surface area contributed by atoms with Gasteiger partial charge in [0, 0.05) is 58.6 Å². The molecule has 1 fully saturated rings. The molecule has 0 radical (unpaired) electrons. The average Bonchev–Trinajstić information content (AvgIpc) is 3.67. The van der Waals surface area contributed by atoms with Crippen molar-refractivity contribution in [3.63, 3.8) is 0 Å². The second-order valence-corrected chi connectivity index (χ2v) is 12.9. The van der Waals surface area contributed by atoms with Gasteiger partial charge in [0.2, 0.25) is 10.0 Å². The van der Waals surface area contributed by atoms with E-state index < -0.39 is 34.5 Å². The summed E-state index contributed by atoms with van der Waals surface area (Å²) in [7, 11) is -3.56. The number of thiazole rings is 1. The van der Waals surface area contributed by atoms with Crippen molar-refractivity contribution in [2.24, 2.45) is 4.99 Å². The van der Waals surface area contributed by atoms with E-state index in [-0.39, 0.29) is 29.4 Å². The smallest absolute Gasteiger partial charge is 0.326 e. The van der Waals surface area contributed by atoms with E-state index in [1.54, 1.807) is 11.6 Å². The number of aliphatic imine (C=N–C) groups is 1. The number of amidine groups is 1. The van der Waals surface area contributed by atoms with E-state index in [2.05, 4.69) is 21.7 Å². The second-order valence-electron chi connectivity index (χ2n) is 9.69. The first-order valence-corrected chi connectivity index (χ1v) is 15.8. The van der Waals surface area contributed by atoms with Crippen LogP contribution < -0.4 is 4.72 Å². The zero-order valence-corrected chi connectivity index (χ0v) is 24.0. The lowest BCUT2D eigenvalue weighted by Crippen LogP contribution is -2.40. The molecule has 2 atom stereocenters. The minimum absolute atomic E-state index is 0.0233. The second kappa shape index (κ2) is 12.0. The molecule has 0 amide bonds. The lowest BCUT2D eigenvalue weighted by atomic mass is 9.92. The van der Waals surface area contributed by atoms with E-state index in [1.807, 2.05) is 4.90 Å².